The highest BCUT2D eigenvalue weighted by Gasteiger charge is 2.15. The van der Waals surface area contributed by atoms with Crippen LogP contribution in [0.3, 0.4) is 0 Å². The van der Waals surface area contributed by atoms with Crippen molar-refractivity contribution in [2.75, 3.05) is 6.61 Å². The third-order valence-corrected chi connectivity index (χ3v) is 6.59. The number of benzene rings is 1. The summed E-state index contributed by atoms with van der Waals surface area (Å²) in [5.74, 6) is -0.127. The average Bonchev–Trinajstić information content (AvgIpc) is 3.24. The number of hydrogen-bond acceptors (Lipinski definition) is 6. The number of carbonyl (C=O) groups is 1. The third-order valence-electron chi connectivity index (χ3n) is 3.83. The summed E-state index contributed by atoms with van der Waals surface area (Å²) in [7, 11) is 0. The van der Waals surface area contributed by atoms with Crippen molar-refractivity contribution in [3.8, 4) is 0 Å². The van der Waals surface area contributed by atoms with Crippen LogP contribution in [0.25, 0.3) is 5.57 Å². The Hall–Kier alpha value is -1.83. The molecule has 150 valence electrons. The van der Waals surface area contributed by atoms with E-state index in [1.165, 1.54) is 11.8 Å². The first-order chi connectivity index (χ1) is 14.0. The van der Waals surface area contributed by atoms with Gasteiger partial charge in [-0.3, -0.25) is 9.87 Å². The largest absolute Gasteiger partial charge is 0.374 e. The fourth-order valence-corrected chi connectivity index (χ4v) is 4.63. The molecule has 0 amide bonds. The number of thiophene rings is 1. The van der Waals surface area contributed by atoms with Crippen LogP contribution in [-0.2, 0) is 26.7 Å². The molecule has 3 rings (SSSR count). The van der Waals surface area contributed by atoms with E-state index in [9.17, 15) is 4.79 Å². The van der Waals surface area contributed by atoms with Crippen LogP contribution in [0, 0.1) is 0 Å². The standard InChI is InChI=1S/C21H17Cl2NO3S2/c1-14(21(25)27-26-10-8-15-9-11-28-12-15)19-7-2-4-16(24-19)13-29-20-17(22)5-3-6-18(20)23/h2-7,9,11-12H,1,8,10,13H2. The number of halogens is 2. The van der Waals surface area contributed by atoms with Gasteiger partial charge in [0.05, 0.1) is 33.6 Å². The lowest BCUT2D eigenvalue weighted by Crippen LogP contribution is -2.10. The average molecular weight is 466 g/mol. The molecule has 0 radical (unpaired) electrons. The summed E-state index contributed by atoms with van der Waals surface area (Å²) in [4.78, 5) is 27.3. The quantitative estimate of drug-likeness (QED) is 0.119. The van der Waals surface area contributed by atoms with E-state index in [1.54, 1.807) is 35.6 Å². The predicted octanol–water partition coefficient (Wildman–Crippen LogP) is 6.47. The van der Waals surface area contributed by atoms with E-state index in [1.807, 2.05) is 29.0 Å². The summed E-state index contributed by atoms with van der Waals surface area (Å²) < 4.78 is 0. The molecule has 0 unspecified atom stereocenters. The molecule has 0 spiro atoms. The Kier molecular flexibility index (Phi) is 8.15. The summed E-state index contributed by atoms with van der Waals surface area (Å²) >= 11 is 15.5. The summed E-state index contributed by atoms with van der Waals surface area (Å²) in [6.07, 6.45) is 0.665. The lowest BCUT2D eigenvalue weighted by molar-refractivity contribution is -0.265. The Balaban J connectivity index is 1.53. The van der Waals surface area contributed by atoms with E-state index in [0.29, 0.717) is 27.9 Å². The van der Waals surface area contributed by atoms with Crippen LogP contribution < -0.4 is 0 Å². The highest BCUT2D eigenvalue weighted by Crippen LogP contribution is 2.35. The zero-order valence-corrected chi connectivity index (χ0v) is 18.4. The van der Waals surface area contributed by atoms with Crippen LogP contribution in [0.2, 0.25) is 10.0 Å². The molecule has 2 heterocycles. The molecule has 1 aromatic carbocycles. The topological polar surface area (TPSA) is 48.4 Å². The SMILES string of the molecule is C=C(C(=O)OOCCc1ccsc1)c1cccc(CSc2c(Cl)cccc2Cl)n1. The molecule has 0 aliphatic carbocycles. The molecule has 4 nitrogen and oxygen atoms in total. The lowest BCUT2D eigenvalue weighted by Gasteiger charge is -2.08. The van der Waals surface area contributed by atoms with Gasteiger partial charge in [0.25, 0.3) is 0 Å². The normalized spacial score (nSPS) is 10.7. The first-order valence-electron chi connectivity index (χ1n) is 8.61. The second kappa shape index (κ2) is 10.8. The highest BCUT2D eigenvalue weighted by molar-refractivity contribution is 7.98. The number of carbonyl (C=O) groups excluding carboxylic acids is 1. The predicted molar refractivity (Wildman–Crippen MR) is 119 cm³/mol. The monoisotopic (exact) mass is 465 g/mol. The third kappa shape index (κ3) is 6.32. The van der Waals surface area contributed by atoms with Crippen molar-refractivity contribution in [1.82, 2.24) is 4.98 Å². The Labute approximate surface area is 187 Å². The van der Waals surface area contributed by atoms with Gasteiger partial charge in [0.15, 0.2) is 0 Å². The van der Waals surface area contributed by atoms with Crippen molar-refractivity contribution in [3.05, 3.63) is 86.8 Å². The minimum absolute atomic E-state index is 0.128. The van der Waals surface area contributed by atoms with Crippen molar-refractivity contribution in [2.45, 2.75) is 17.1 Å². The van der Waals surface area contributed by atoms with Crippen LogP contribution in [0.4, 0.5) is 0 Å². The molecule has 0 N–H and O–H groups in total. The Morgan fingerprint density at radius 3 is 2.62 bits per heavy atom. The van der Waals surface area contributed by atoms with Crippen LogP contribution in [0.5, 0.6) is 0 Å². The van der Waals surface area contributed by atoms with Gasteiger partial charge in [-0.15, -0.1) is 11.8 Å². The van der Waals surface area contributed by atoms with E-state index in [-0.39, 0.29) is 12.2 Å². The maximum absolute atomic E-state index is 12.2. The Bertz CT molecular complexity index is 973. The summed E-state index contributed by atoms with van der Waals surface area (Å²) in [6, 6.07) is 12.7. The molecule has 0 fully saturated rings. The maximum Gasteiger partial charge on any atom is 0.374 e. The second-order valence-corrected chi connectivity index (χ2v) is 8.49. The summed E-state index contributed by atoms with van der Waals surface area (Å²) in [5.41, 5.74) is 2.45. The van der Waals surface area contributed by atoms with Gasteiger partial charge in [-0.25, -0.2) is 4.79 Å². The molecule has 0 saturated heterocycles. The van der Waals surface area contributed by atoms with Crippen LogP contribution in [-0.4, -0.2) is 17.6 Å². The zero-order chi connectivity index (χ0) is 20.6. The Morgan fingerprint density at radius 1 is 1.14 bits per heavy atom. The first kappa shape index (κ1) is 21.9. The number of rotatable bonds is 9. The van der Waals surface area contributed by atoms with Gasteiger partial charge in [-0.1, -0.05) is 41.9 Å². The van der Waals surface area contributed by atoms with Gasteiger partial charge in [-0.2, -0.15) is 16.2 Å². The Morgan fingerprint density at radius 2 is 1.90 bits per heavy atom. The van der Waals surface area contributed by atoms with E-state index in [2.05, 4.69) is 11.6 Å². The highest BCUT2D eigenvalue weighted by atomic mass is 35.5. The van der Waals surface area contributed by atoms with E-state index in [0.717, 1.165) is 16.2 Å². The maximum atomic E-state index is 12.2. The van der Waals surface area contributed by atoms with Gasteiger partial charge < -0.3 is 0 Å². The van der Waals surface area contributed by atoms with E-state index >= 15 is 0 Å². The number of thioether (sulfide) groups is 1. The fraction of sp³-hybridized carbons (Fsp3) is 0.143. The van der Waals surface area contributed by atoms with Gasteiger partial charge in [-0.05, 0) is 46.7 Å². The number of aromatic nitrogens is 1. The molecule has 3 aromatic rings. The van der Waals surface area contributed by atoms with Crippen LogP contribution in [0.1, 0.15) is 17.0 Å². The first-order valence-corrected chi connectivity index (χ1v) is 11.3. The second-order valence-electron chi connectivity index (χ2n) is 5.91. The molecule has 2 aromatic heterocycles. The van der Waals surface area contributed by atoms with Crippen molar-refractivity contribution < 1.29 is 14.6 Å². The summed E-state index contributed by atoms with van der Waals surface area (Å²) in [6.45, 7) is 4.05. The summed E-state index contributed by atoms with van der Waals surface area (Å²) in [5, 5.41) is 5.19. The smallest absolute Gasteiger partial charge is 0.293 e. The van der Waals surface area contributed by atoms with Gasteiger partial charge in [0.1, 0.15) is 0 Å². The van der Waals surface area contributed by atoms with E-state index in [4.69, 9.17) is 33.0 Å². The molecule has 0 bridgehead atoms. The van der Waals surface area contributed by atoms with Gasteiger partial charge in [0.2, 0.25) is 0 Å². The van der Waals surface area contributed by atoms with Crippen molar-refractivity contribution in [1.29, 1.82) is 0 Å². The molecular weight excluding hydrogens is 449 g/mol. The van der Waals surface area contributed by atoms with Gasteiger partial charge in [0, 0.05) is 17.1 Å². The number of nitrogens with zero attached hydrogens (tertiary/aromatic N) is 1. The minimum Gasteiger partial charge on any atom is -0.293 e. The zero-order valence-electron chi connectivity index (χ0n) is 15.3. The molecular formula is C21H17Cl2NO3S2. The molecule has 8 heteroatoms. The van der Waals surface area contributed by atoms with Crippen LogP contribution >= 0.6 is 46.3 Å². The lowest BCUT2D eigenvalue weighted by atomic mass is 10.2. The molecule has 0 aliphatic rings. The molecule has 0 atom stereocenters. The van der Waals surface area contributed by atoms with Crippen molar-refractivity contribution in [2.24, 2.45) is 0 Å². The van der Waals surface area contributed by atoms with E-state index < -0.39 is 5.97 Å². The van der Waals surface area contributed by atoms with Gasteiger partial charge >= 0.3 is 5.97 Å². The molecule has 29 heavy (non-hydrogen) atoms. The molecule has 0 saturated carbocycles. The minimum atomic E-state index is -0.665. The molecule has 0 aliphatic heterocycles. The van der Waals surface area contributed by atoms with Crippen molar-refractivity contribution >= 4 is 57.8 Å². The van der Waals surface area contributed by atoms with Crippen LogP contribution in [0.15, 0.2) is 64.7 Å². The number of pyridine rings is 1. The number of hydrogen-bond donors (Lipinski definition) is 0. The van der Waals surface area contributed by atoms with Crippen molar-refractivity contribution in [3.63, 3.8) is 0 Å². The fourth-order valence-electron chi connectivity index (χ4n) is 2.34.